The summed E-state index contributed by atoms with van der Waals surface area (Å²) >= 11 is 0. The molecule has 21 heavy (non-hydrogen) atoms. The van der Waals surface area contributed by atoms with E-state index in [2.05, 4.69) is 42.1 Å². The van der Waals surface area contributed by atoms with E-state index in [1.165, 1.54) is 5.56 Å². The molecule has 0 radical (unpaired) electrons. The molecule has 2 heterocycles. The lowest BCUT2D eigenvalue weighted by Crippen LogP contribution is -2.00. The van der Waals surface area contributed by atoms with Gasteiger partial charge in [0, 0.05) is 18.5 Å². The van der Waals surface area contributed by atoms with Gasteiger partial charge in [0.05, 0.1) is 5.69 Å². The third-order valence-corrected chi connectivity index (χ3v) is 3.61. The van der Waals surface area contributed by atoms with Gasteiger partial charge in [-0.1, -0.05) is 29.8 Å². The Hall–Kier alpha value is -2.36. The molecule has 3 rings (SSSR count). The Balaban J connectivity index is 1.89. The second-order valence-electron chi connectivity index (χ2n) is 5.46. The number of fused-ring (bicyclic) bond motifs is 1. The van der Waals surface area contributed by atoms with Gasteiger partial charge in [-0.05, 0) is 31.9 Å². The Labute approximate surface area is 124 Å². The first-order chi connectivity index (χ1) is 10.0. The van der Waals surface area contributed by atoms with Gasteiger partial charge in [0.2, 0.25) is 5.88 Å². The van der Waals surface area contributed by atoms with Gasteiger partial charge in [-0.25, -0.2) is 0 Å². The van der Waals surface area contributed by atoms with Crippen LogP contribution in [0.4, 0.5) is 0 Å². The Morgan fingerprint density at radius 3 is 2.71 bits per heavy atom. The third kappa shape index (κ3) is 2.61. The summed E-state index contributed by atoms with van der Waals surface area (Å²) in [6, 6.07) is 10.3. The van der Waals surface area contributed by atoms with Crippen molar-refractivity contribution in [2.24, 2.45) is 7.05 Å². The molecular formula is C17H19N3O. The second kappa shape index (κ2) is 5.20. The smallest absolute Gasteiger partial charge is 0.215 e. The summed E-state index contributed by atoms with van der Waals surface area (Å²) in [6.07, 6.45) is 0. The van der Waals surface area contributed by atoms with Crippen LogP contribution >= 0.6 is 0 Å². The van der Waals surface area contributed by atoms with E-state index in [9.17, 15) is 0 Å². The minimum absolute atomic E-state index is 0.524. The number of hydrogen-bond acceptors (Lipinski definition) is 3. The number of aryl methyl sites for hydroxylation is 4. The van der Waals surface area contributed by atoms with E-state index < -0.39 is 0 Å². The van der Waals surface area contributed by atoms with Crippen molar-refractivity contribution in [1.29, 1.82) is 0 Å². The number of aromatic nitrogens is 3. The summed E-state index contributed by atoms with van der Waals surface area (Å²) in [5.74, 6) is 0.643. The minimum atomic E-state index is 0.524. The Morgan fingerprint density at radius 2 is 1.95 bits per heavy atom. The molecular weight excluding hydrogens is 262 g/mol. The van der Waals surface area contributed by atoms with Gasteiger partial charge in [0.15, 0.2) is 5.65 Å². The predicted molar refractivity (Wildman–Crippen MR) is 83.5 cm³/mol. The number of ether oxygens (including phenoxy) is 1. The largest absolute Gasteiger partial charge is 0.473 e. The highest BCUT2D eigenvalue weighted by Gasteiger charge is 2.11. The van der Waals surface area contributed by atoms with Crippen molar-refractivity contribution in [2.75, 3.05) is 0 Å². The van der Waals surface area contributed by atoms with Gasteiger partial charge in [-0.3, -0.25) is 4.68 Å². The topological polar surface area (TPSA) is 39.9 Å². The number of benzene rings is 1. The predicted octanol–water partition coefficient (Wildman–Crippen LogP) is 3.47. The fraction of sp³-hybridized carbons (Fsp3) is 0.294. The summed E-state index contributed by atoms with van der Waals surface area (Å²) in [7, 11) is 1.91. The molecule has 0 atom stereocenters. The van der Waals surface area contributed by atoms with Crippen molar-refractivity contribution in [3.63, 3.8) is 0 Å². The van der Waals surface area contributed by atoms with Crippen molar-refractivity contribution in [3.05, 3.63) is 52.7 Å². The maximum atomic E-state index is 5.85. The van der Waals surface area contributed by atoms with Crippen LogP contribution in [0.3, 0.4) is 0 Å². The van der Waals surface area contributed by atoms with Gasteiger partial charge in [0.25, 0.3) is 0 Å². The van der Waals surface area contributed by atoms with Crippen molar-refractivity contribution >= 4 is 11.0 Å². The summed E-state index contributed by atoms with van der Waals surface area (Å²) in [6.45, 7) is 6.68. The van der Waals surface area contributed by atoms with Crippen LogP contribution in [0.15, 0.2) is 30.3 Å². The van der Waals surface area contributed by atoms with Crippen LogP contribution in [0.5, 0.6) is 5.88 Å². The number of nitrogens with zero attached hydrogens (tertiary/aromatic N) is 3. The van der Waals surface area contributed by atoms with Crippen LogP contribution in [0.2, 0.25) is 0 Å². The average molecular weight is 281 g/mol. The highest BCUT2D eigenvalue weighted by atomic mass is 16.5. The van der Waals surface area contributed by atoms with E-state index in [0.717, 1.165) is 27.9 Å². The van der Waals surface area contributed by atoms with Crippen LogP contribution in [0.25, 0.3) is 11.0 Å². The minimum Gasteiger partial charge on any atom is -0.473 e. The van der Waals surface area contributed by atoms with Crippen LogP contribution < -0.4 is 4.74 Å². The number of hydrogen-bond donors (Lipinski definition) is 0. The lowest BCUT2D eigenvalue weighted by Gasteiger charge is -2.08. The van der Waals surface area contributed by atoms with Crippen molar-refractivity contribution < 1.29 is 4.74 Å². The van der Waals surface area contributed by atoms with Crippen LogP contribution in [-0.4, -0.2) is 14.8 Å². The maximum absolute atomic E-state index is 5.85. The standard InChI is InChI=1S/C17H19N3O/c1-11-6-5-7-14(8-11)10-21-15-9-12(2)16-13(3)19-20(4)17(16)18-15/h5-9H,10H2,1-4H3. The molecule has 0 aliphatic carbocycles. The molecule has 0 bridgehead atoms. The fourth-order valence-electron chi connectivity index (χ4n) is 2.66. The van der Waals surface area contributed by atoms with E-state index in [0.29, 0.717) is 12.5 Å². The molecule has 4 heteroatoms. The van der Waals surface area contributed by atoms with Gasteiger partial charge >= 0.3 is 0 Å². The van der Waals surface area contributed by atoms with E-state index in [4.69, 9.17) is 4.74 Å². The zero-order valence-electron chi connectivity index (χ0n) is 12.8. The highest BCUT2D eigenvalue weighted by molar-refractivity contribution is 5.82. The summed E-state index contributed by atoms with van der Waals surface area (Å²) in [5, 5.41) is 5.53. The number of pyridine rings is 1. The molecule has 0 amide bonds. The molecule has 1 aromatic carbocycles. The fourth-order valence-corrected chi connectivity index (χ4v) is 2.66. The third-order valence-electron chi connectivity index (χ3n) is 3.61. The maximum Gasteiger partial charge on any atom is 0.215 e. The van der Waals surface area contributed by atoms with Crippen molar-refractivity contribution in [1.82, 2.24) is 14.8 Å². The second-order valence-corrected chi connectivity index (χ2v) is 5.46. The molecule has 4 nitrogen and oxygen atoms in total. The Kier molecular flexibility index (Phi) is 3.37. The van der Waals surface area contributed by atoms with Gasteiger partial charge < -0.3 is 4.74 Å². The molecule has 0 spiro atoms. The molecule has 0 aliphatic rings. The number of rotatable bonds is 3. The van der Waals surface area contributed by atoms with Crippen molar-refractivity contribution in [2.45, 2.75) is 27.4 Å². The summed E-state index contributed by atoms with van der Waals surface area (Å²) in [4.78, 5) is 4.57. The summed E-state index contributed by atoms with van der Waals surface area (Å²) < 4.78 is 7.65. The molecule has 3 aromatic rings. The molecule has 2 aromatic heterocycles. The van der Waals surface area contributed by atoms with Gasteiger partial charge in [-0.15, -0.1) is 0 Å². The first-order valence-electron chi connectivity index (χ1n) is 7.04. The first kappa shape index (κ1) is 13.6. The van der Waals surface area contributed by atoms with Gasteiger partial charge in [0.1, 0.15) is 6.61 Å². The monoisotopic (exact) mass is 281 g/mol. The SMILES string of the molecule is Cc1cccc(COc2cc(C)c3c(C)nn(C)c3n2)c1. The molecule has 108 valence electrons. The normalized spacial score (nSPS) is 11.0. The average Bonchev–Trinajstić information content (AvgIpc) is 2.72. The van der Waals surface area contributed by atoms with Gasteiger partial charge in [-0.2, -0.15) is 10.1 Å². The zero-order valence-corrected chi connectivity index (χ0v) is 12.8. The molecule has 0 aliphatic heterocycles. The van der Waals surface area contributed by atoms with Crippen LogP contribution in [0.1, 0.15) is 22.4 Å². The van der Waals surface area contributed by atoms with E-state index in [1.54, 1.807) is 4.68 Å². The van der Waals surface area contributed by atoms with Crippen LogP contribution in [0, 0.1) is 20.8 Å². The van der Waals surface area contributed by atoms with E-state index in [-0.39, 0.29) is 0 Å². The molecule has 0 unspecified atom stereocenters. The highest BCUT2D eigenvalue weighted by Crippen LogP contribution is 2.24. The zero-order chi connectivity index (χ0) is 15.0. The Bertz CT molecular complexity index is 805. The molecule has 0 N–H and O–H groups in total. The first-order valence-corrected chi connectivity index (χ1v) is 7.04. The summed E-state index contributed by atoms with van der Waals surface area (Å²) in [5.41, 5.74) is 5.40. The molecule has 0 saturated carbocycles. The van der Waals surface area contributed by atoms with E-state index in [1.807, 2.05) is 26.1 Å². The molecule has 0 fully saturated rings. The lowest BCUT2D eigenvalue weighted by atomic mass is 10.1. The van der Waals surface area contributed by atoms with Crippen LogP contribution in [-0.2, 0) is 13.7 Å². The quantitative estimate of drug-likeness (QED) is 0.738. The Morgan fingerprint density at radius 1 is 1.14 bits per heavy atom. The molecule has 0 saturated heterocycles. The van der Waals surface area contributed by atoms with E-state index >= 15 is 0 Å². The van der Waals surface area contributed by atoms with Crippen molar-refractivity contribution in [3.8, 4) is 5.88 Å². The lowest BCUT2D eigenvalue weighted by molar-refractivity contribution is 0.294.